The highest BCUT2D eigenvalue weighted by Gasteiger charge is 2.27. The Balaban J connectivity index is 1.51. The van der Waals surface area contributed by atoms with Crippen LogP contribution >= 0.6 is 0 Å². The van der Waals surface area contributed by atoms with Crippen LogP contribution < -0.4 is 20.0 Å². The van der Waals surface area contributed by atoms with Crippen molar-refractivity contribution in [2.24, 2.45) is 0 Å². The van der Waals surface area contributed by atoms with E-state index in [2.05, 4.69) is 18.2 Å². The molecule has 0 saturated carbocycles. The summed E-state index contributed by atoms with van der Waals surface area (Å²) in [4.78, 5) is 14.0. The lowest BCUT2D eigenvalue weighted by Crippen LogP contribution is -3.10. The molecule has 30 heavy (non-hydrogen) atoms. The van der Waals surface area contributed by atoms with Crippen LogP contribution in [0.15, 0.2) is 39.5 Å². The number of ether oxygens (including phenoxy) is 2. The number of nitrogens with one attached hydrogen (secondary N) is 1. The first-order valence-corrected chi connectivity index (χ1v) is 10.8. The van der Waals surface area contributed by atoms with Gasteiger partial charge in [0, 0.05) is 27.6 Å². The molecular formula is C25H28NO4+. The number of quaternary nitrogens is 1. The summed E-state index contributed by atoms with van der Waals surface area (Å²) in [6.45, 7) is 4.40. The SMILES string of the molecule is COc1ccc(C[NH+]2COc3c(cc4c5c(c(=O)oc4c3C)CCCCC5)C2)cc1. The standard InChI is InChI=1S/C25H27NO4/c1-16-23-18(14-26(15-29-23)13-17-8-10-19(28-2)11-9-17)12-22-20-6-4-3-5-7-21(20)25(27)30-24(16)22/h8-12H,3-7,13-15H2,1-2H3/p+1. The van der Waals surface area contributed by atoms with Crippen LogP contribution in [0.2, 0.25) is 0 Å². The van der Waals surface area contributed by atoms with Crippen LogP contribution in [0.3, 0.4) is 0 Å². The Hall–Kier alpha value is -2.79. The monoisotopic (exact) mass is 406 g/mol. The molecule has 5 nitrogen and oxygen atoms in total. The fourth-order valence-corrected chi connectivity index (χ4v) is 4.94. The molecule has 1 atom stereocenters. The Bertz CT molecular complexity index is 1150. The molecule has 2 aliphatic rings. The molecule has 0 spiro atoms. The average Bonchev–Trinajstić information content (AvgIpc) is 3.02. The van der Waals surface area contributed by atoms with Gasteiger partial charge in [-0.2, -0.15) is 0 Å². The third kappa shape index (κ3) is 3.37. The highest BCUT2D eigenvalue weighted by molar-refractivity contribution is 5.87. The first kappa shape index (κ1) is 19.2. The van der Waals surface area contributed by atoms with Crippen LogP contribution in [0.25, 0.3) is 11.0 Å². The molecule has 1 aliphatic heterocycles. The Kier molecular flexibility index (Phi) is 4.99. The Labute approximate surface area is 176 Å². The highest BCUT2D eigenvalue weighted by atomic mass is 16.5. The van der Waals surface area contributed by atoms with Gasteiger partial charge in [-0.25, -0.2) is 4.79 Å². The van der Waals surface area contributed by atoms with E-state index >= 15 is 0 Å². The van der Waals surface area contributed by atoms with E-state index in [1.54, 1.807) is 7.11 Å². The van der Waals surface area contributed by atoms with Crippen molar-refractivity contribution in [3.63, 3.8) is 0 Å². The van der Waals surface area contributed by atoms with E-state index in [9.17, 15) is 4.79 Å². The third-order valence-electron chi connectivity index (χ3n) is 6.49. The minimum atomic E-state index is -0.162. The molecule has 2 aromatic carbocycles. The van der Waals surface area contributed by atoms with E-state index in [-0.39, 0.29) is 5.63 Å². The zero-order chi connectivity index (χ0) is 20.7. The van der Waals surface area contributed by atoms with E-state index in [0.29, 0.717) is 12.3 Å². The Morgan fingerprint density at radius 1 is 1.07 bits per heavy atom. The second-order valence-corrected chi connectivity index (χ2v) is 8.51. The molecule has 156 valence electrons. The summed E-state index contributed by atoms with van der Waals surface area (Å²) < 4.78 is 17.2. The minimum Gasteiger partial charge on any atom is -0.497 e. The maximum absolute atomic E-state index is 12.6. The van der Waals surface area contributed by atoms with E-state index in [4.69, 9.17) is 13.9 Å². The van der Waals surface area contributed by atoms with Crippen molar-refractivity contribution in [2.45, 2.75) is 52.1 Å². The summed E-state index contributed by atoms with van der Waals surface area (Å²) in [7, 11) is 1.69. The number of methoxy groups -OCH3 is 1. The predicted octanol–water partition coefficient (Wildman–Crippen LogP) is 3.31. The maximum Gasteiger partial charge on any atom is 0.339 e. The normalized spacial score (nSPS) is 18.3. The van der Waals surface area contributed by atoms with Crippen molar-refractivity contribution in [2.75, 3.05) is 13.8 Å². The van der Waals surface area contributed by atoms with Crippen LogP contribution in [-0.4, -0.2) is 13.8 Å². The molecule has 1 aliphatic carbocycles. The number of fused-ring (bicyclic) bond motifs is 4. The first-order valence-electron chi connectivity index (χ1n) is 10.8. The average molecular weight is 407 g/mol. The van der Waals surface area contributed by atoms with Gasteiger partial charge in [-0.1, -0.05) is 6.42 Å². The molecule has 0 fully saturated rings. The number of aryl methyl sites for hydroxylation is 2. The minimum absolute atomic E-state index is 0.162. The molecule has 5 heteroatoms. The lowest BCUT2D eigenvalue weighted by Gasteiger charge is -2.28. The lowest BCUT2D eigenvalue weighted by molar-refractivity contribution is -0.945. The number of benzene rings is 2. The zero-order valence-corrected chi connectivity index (χ0v) is 17.7. The Morgan fingerprint density at radius 3 is 2.60 bits per heavy atom. The first-order chi connectivity index (χ1) is 14.6. The molecule has 3 aromatic rings. The molecule has 0 saturated heterocycles. The van der Waals surface area contributed by atoms with Gasteiger partial charge in [-0.05, 0) is 68.5 Å². The second kappa shape index (κ2) is 7.80. The number of rotatable bonds is 3. The highest BCUT2D eigenvalue weighted by Crippen LogP contribution is 2.35. The fourth-order valence-electron chi connectivity index (χ4n) is 4.94. The number of hydrogen-bond donors (Lipinski definition) is 1. The van der Waals surface area contributed by atoms with E-state index in [1.807, 2.05) is 19.1 Å². The topological polar surface area (TPSA) is 53.1 Å². The summed E-state index contributed by atoms with van der Waals surface area (Å²) in [5, 5.41) is 1.11. The van der Waals surface area contributed by atoms with Crippen LogP contribution in [0.5, 0.6) is 11.5 Å². The molecule has 1 N–H and O–H groups in total. The molecule has 0 radical (unpaired) electrons. The van der Waals surface area contributed by atoms with Crippen molar-refractivity contribution >= 4 is 11.0 Å². The van der Waals surface area contributed by atoms with Crippen molar-refractivity contribution in [1.29, 1.82) is 0 Å². The summed E-state index contributed by atoms with van der Waals surface area (Å²) in [5.41, 5.74) is 6.05. The van der Waals surface area contributed by atoms with E-state index < -0.39 is 0 Å². The summed E-state index contributed by atoms with van der Waals surface area (Å²) in [5.74, 6) is 1.76. The van der Waals surface area contributed by atoms with Crippen LogP contribution in [0.4, 0.5) is 0 Å². The maximum atomic E-state index is 12.6. The van der Waals surface area contributed by atoms with Gasteiger partial charge in [0.1, 0.15) is 30.2 Å². The molecule has 0 bridgehead atoms. The zero-order valence-electron chi connectivity index (χ0n) is 17.7. The van der Waals surface area contributed by atoms with Gasteiger partial charge in [0.05, 0.1) is 7.11 Å². The molecule has 1 unspecified atom stereocenters. The van der Waals surface area contributed by atoms with E-state index in [0.717, 1.165) is 66.8 Å². The van der Waals surface area contributed by atoms with Crippen LogP contribution in [0.1, 0.15) is 47.1 Å². The largest absolute Gasteiger partial charge is 0.497 e. The molecule has 0 amide bonds. The third-order valence-corrected chi connectivity index (χ3v) is 6.49. The summed E-state index contributed by atoms with van der Waals surface area (Å²) in [6, 6.07) is 10.5. The molecular weight excluding hydrogens is 378 g/mol. The molecule has 2 heterocycles. The smallest absolute Gasteiger partial charge is 0.339 e. The second-order valence-electron chi connectivity index (χ2n) is 8.51. The van der Waals surface area contributed by atoms with Gasteiger partial charge < -0.3 is 13.9 Å². The fraction of sp³-hybridized carbons (Fsp3) is 0.400. The summed E-state index contributed by atoms with van der Waals surface area (Å²) in [6.07, 6.45) is 5.15. The van der Waals surface area contributed by atoms with Crippen molar-refractivity contribution < 1.29 is 18.8 Å². The lowest BCUT2D eigenvalue weighted by atomic mass is 9.95. The Morgan fingerprint density at radius 2 is 1.83 bits per heavy atom. The predicted molar refractivity (Wildman–Crippen MR) is 115 cm³/mol. The molecule has 1 aromatic heterocycles. The van der Waals surface area contributed by atoms with Gasteiger partial charge in [-0.3, -0.25) is 4.90 Å². The van der Waals surface area contributed by atoms with Crippen LogP contribution in [-0.2, 0) is 25.9 Å². The van der Waals surface area contributed by atoms with Gasteiger partial charge in [0.25, 0.3) is 0 Å². The van der Waals surface area contributed by atoms with Crippen molar-refractivity contribution in [3.8, 4) is 11.5 Å². The van der Waals surface area contributed by atoms with Gasteiger partial charge in [0.2, 0.25) is 6.73 Å². The quantitative estimate of drug-likeness (QED) is 0.536. The number of hydrogen-bond acceptors (Lipinski definition) is 4. The van der Waals surface area contributed by atoms with Gasteiger partial charge in [0.15, 0.2) is 0 Å². The molecule has 5 rings (SSSR count). The van der Waals surface area contributed by atoms with Gasteiger partial charge >= 0.3 is 5.63 Å². The summed E-state index contributed by atoms with van der Waals surface area (Å²) >= 11 is 0. The van der Waals surface area contributed by atoms with Crippen LogP contribution in [0, 0.1) is 6.92 Å². The van der Waals surface area contributed by atoms with Crippen molar-refractivity contribution in [3.05, 3.63) is 68.6 Å². The van der Waals surface area contributed by atoms with Gasteiger partial charge in [-0.15, -0.1) is 0 Å². The van der Waals surface area contributed by atoms with E-state index in [1.165, 1.54) is 28.0 Å². The van der Waals surface area contributed by atoms with Crippen molar-refractivity contribution in [1.82, 2.24) is 0 Å².